The molecule has 0 heterocycles. The zero-order valence-electron chi connectivity index (χ0n) is 36.1. The molecular weight excluding hydrogens is 795 g/mol. The van der Waals surface area contributed by atoms with Crippen LogP contribution < -0.4 is 4.90 Å². The van der Waals surface area contributed by atoms with Crippen LogP contribution in [0.4, 0.5) is 17.1 Å². The van der Waals surface area contributed by atoms with E-state index in [1.165, 1.54) is 110 Å². The molecule has 0 fully saturated rings. The molecule has 0 amide bonds. The maximum Gasteiger partial charge on any atom is 0.0726 e. The standard InChI is InChI=1S/C65H41N/c1-2-21-44(22-3-1)66(45-37-38-55-54-31-14-17-35-61(54)65(62(55)41-45)59-33-15-12-29-52(59)53-30-13-16-34-60(53)65)63-36-18-32-56(57-39-42-19-4-6-23-46(42)48-25-8-10-27-50(48)57)64(63)58-40-43-20-5-7-24-47(43)49-26-9-11-28-51(49)58/h1-41H. The van der Waals surface area contributed by atoms with Crippen LogP contribution in [0.3, 0.4) is 0 Å². The van der Waals surface area contributed by atoms with Gasteiger partial charge in [0.1, 0.15) is 0 Å². The number of benzene rings is 12. The first-order chi connectivity index (χ1) is 32.8. The van der Waals surface area contributed by atoms with Crippen molar-refractivity contribution >= 4 is 60.2 Å². The Morgan fingerprint density at radius 3 is 1.27 bits per heavy atom. The molecule has 1 nitrogen and oxygen atoms in total. The van der Waals surface area contributed by atoms with E-state index in [0.717, 1.165) is 17.1 Å². The van der Waals surface area contributed by atoms with Crippen molar-refractivity contribution in [2.75, 3.05) is 4.90 Å². The molecular formula is C65H41N. The molecule has 0 atom stereocenters. The largest absolute Gasteiger partial charge is 0.310 e. The average Bonchev–Trinajstić information content (AvgIpc) is 3.86. The summed E-state index contributed by atoms with van der Waals surface area (Å²) in [4.78, 5) is 2.52. The summed E-state index contributed by atoms with van der Waals surface area (Å²) >= 11 is 0. The van der Waals surface area contributed by atoms with Crippen molar-refractivity contribution in [2.24, 2.45) is 0 Å². The van der Waals surface area contributed by atoms with Gasteiger partial charge in [-0.05, 0) is 147 Å². The van der Waals surface area contributed by atoms with Gasteiger partial charge in [0.05, 0.1) is 11.1 Å². The lowest BCUT2D eigenvalue weighted by Gasteiger charge is -2.33. The van der Waals surface area contributed by atoms with Gasteiger partial charge < -0.3 is 4.90 Å². The van der Waals surface area contributed by atoms with Crippen molar-refractivity contribution in [1.29, 1.82) is 0 Å². The highest BCUT2D eigenvalue weighted by Crippen LogP contribution is 2.63. The smallest absolute Gasteiger partial charge is 0.0726 e. The van der Waals surface area contributed by atoms with Gasteiger partial charge in [0.2, 0.25) is 0 Å². The molecule has 0 aromatic heterocycles. The Morgan fingerprint density at radius 1 is 0.242 bits per heavy atom. The molecule has 1 heteroatoms. The van der Waals surface area contributed by atoms with E-state index >= 15 is 0 Å². The Bertz CT molecular complexity index is 3890. The lowest BCUT2D eigenvalue weighted by Crippen LogP contribution is -2.26. The van der Waals surface area contributed by atoms with E-state index in [9.17, 15) is 0 Å². The lowest BCUT2D eigenvalue weighted by atomic mass is 9.70. The molecule has 2 aliphatic rings. The second kappa shape index (κ2) is 14.2. The van der Waals surface area contributed by atoms with E-state index in [1.54, 1.807) is 0 Å². The van der Waals surface area contributed by atoms with Crippen LogP contribution in [-0.2, 0) is 5.41 Å². The number of para-hydroxylation sites is 1. The van der Waals surface area contributed by atoms with E-state index < -0.39 is 5.41 Å². The number of anilines is 3. The van der Waals surface area contributed by atoms with E-state index in [0.29, 0.717) is 0 Å². The van der Waals surface area contributed by atoms with Crippen molar-refractivity contribution in [3.05, 3.63) is 271 Å². The van der Waals surface area contributed by atoms with Crippen molar-refractivity contribution in [3.63, 3.8) is 0 Å². The Morgan fingerprint density at radius 2 is 0.682 bits per heavy atom. The molecule has 0 bridgehead atoms. The third-order valence-corrected chi connectivity index (χ3v) is 14.6. The van der Waals surface area contributed by atoms with Crippen molar-refractivity contribution in [3.8, 4) is 44.5 Å². The van der Waals surface area contributed by atoms with Gasteiger partial charge in [-0.1, -0.05) is 206 Å². The van der Waals surface area contributed by atoms with E-state index in [2.05, 4.69) is 254 Å². The molecule has 0 unspecified atom stereocenters. The maximum absolute atomic E-state index is 2.52. The quantitative estimate of drug-likeness (QED) is 0.156. The van der Waals surface area contributed by atoms with Crippen LogP contribution in [0.2, 0.25) is 0 Å². The van der Waals surface area contributed by atoms with E-state index in [-0.39, 0.29) is 0 Å². The van der Waals surface area contributed by atoms with Gasteiger partial charge in [-0.25, -0.2) is 0 Å². The zero-order chi connectivity index (χ0) is 43.3. The predicted octanol–water partition coefficient (Wildman–Crippen LogP) is 17.4. The Kier molecular flexibility index (Phi) is 7.97. The molecule has 2 aliphatic carbocycles. The molecule has 66 heavy (non-hydrogen) atoms. The SMILES string of the molecule is c1ccc(N(c2ccc3c(c2)C2(c4ccccc4-c4ccccc42)c2ccccc2-3)c2cccc(-c3cc4ccccc4c4ccccc34)c2-c2cc3ccccc3c3ccccc23)cc1. The first kappa shape index (κ1) is 36.9. The maximum atomic E-state index is 2.52. The molecule has 14 rings (SSSR count). The lowest BCUT2D eigenvalue weighted by molar-refractivity contribution is 0.793. The minimum absolute atomic E-state index is 0.472. The van der Waals surface area contributed by atoms with Crippen LogP contribution in [-0.4, -0.2) is 0 Å². The normalized spacial score (nSPS) is 13.0. The summed E-state index contributed by atoms with van der Waals surface area (Å²) < 4.78 is 0. The number of nitrogens with zero attached hydrogens (tertiary/aromatic N) is 1. The van der Waals surface area contributed by atoms with Crippen LogP contribution in [0, 0.1) is 0 Å². The fourth-order valence-electron chi connectivity index (χ4n) is 12.0. The summed E-state index contributed by atoms with van der Waals surface area (Å²) in [6.45, 7) is 0. The highest BCUT2D eigenvalue weighted by Gasteiger charge is 2.51. The van der Waals surface area contributed by atoms with Gasteiger partial charge in [0, 0.05) is 16.9 Å². The molecule has 0 saturated heterocycles. The highest BCUT2D eigenvalue weighted by atomic mass is 15.1. The van der Waals surface area contributed by atoms with E-state index in [4.69, 9.17) is 0 Å². The summed E-state index contributed by atoms with van der Waals surface area (Å²) in [5, 5.41) is 9.94. The third kappa shape index (κ3) is 5.11. The fourth-order valence-corrected chi connectivity index (χ4v) is 12.0. The third-order valence-electron chi connectivity index (χ3n) is 14.6. The van der Waals surface area contributed by atoms with Crippen LogP contribution in [0.1, 0.15) is 22.3 Å². The van der Waals surface area contributed by atoms with Gasteiger partial charge in [0.15, 0.2) is 0 Å². The van der Waals surface area contributed by atoms with Crippen LogP contribution in [0.15, 0.2) is 249 Å². The molecule has 1 spiro atoms. The molecule has 306 valence electrons. The van der Waals surface area contributed by atoms with Crippen molar-refractivity contribution in [1.82, 2.24) is 0 Å². The number of fused-ring (bicyclic) bond motifs is 16. The molecule has 12 aromatic carbocycles. The topological polar surface area (TPSA) is 3.24 Å². The first-order valence-corrected chi connectivity index (χ1v) is 23.0. The minimum atomic E-state index is -0.472. The average molecular weight is 836 g/mol. The summed E-state index contributed by atoms with van der Waals surface area (Å²) in [6, 6.07) is 92.9. The number of hydrogen-bond donors (Lipinski definition) is 0. The van der Waals surface area contributed by atoms with Gasteiger partial charge in [-0.15, -0.1) is 0 Å². The van der Waals surface area contributed by atoms with Gasteiger partial charge in [0.25, 0.3) is 0 Å². The first-order valence-electron chi connectivity index (χ1n) is 23.0. The zero-order valence-corrected chi connectivity index (χ0v) is 36.1. The monoisotopic (exact) mass is 835 g/mol. The summed E-state index contributed by atoms with van der Waals surface area (Å²) in [6.07, 6.45) is 0. The van der Waals surface area contributed by atoms with Gasteiger partial charge >= 0.3 is 0 Å². The highest BCUT2D eigenvalue weighted by molar-refractivity contribution is 6.20. The summed E-state index contributed by atoms with van der Waals surface area (Å²) in [5.41, 5.74) is 18.2. The Hall–Kier alpha value is -8.52. The van der Waals surface area contributed by atoms with Crippen LogP contribution in [0.25, 0.3) is 87.6 Å². The molecule has 12 aromatic rings. The van der Waals surface area contributed by atoms with Crippen molar-refractivity contribution in [2.45, 2.75) is 5.41 Å². The fraction of sp³-hybridized carbons (Fsp3) is 0.0154. The minimum Gasteiger partial charge on any atom is -0.310 e. The van der Waals surface area contributed by atoms with Crippen LogP contribution in [0.5, 0.6) is 0 Å². The Labute approximate surface area is 384 Å². The second-order valence-corrected chi connectivity index (χ2v) is 17.9. The van der Waals surface area contributed by atoms with E-state index in [1.807, 2.05) is 0 Å². The molecule has 0 aliphatic heterocycles. The van der Waals surface area contributed by atoms with Gasteiger partial charge in [-0.3, -0.25) is 0 Å². The Balaban J connectivity index is 1.11. The summed E-state index contributed by atoms with van der Waals surface area (Å²) in [5.74, 6) is 0. The summed E-state index contributed by atoms with van der Waals surface area (Å²) in [7, 11) is 0. The number of hydrogen-bond acceptors (Lipinski definition) is 1. The predicted molar refractivity (Wildman–Crippen MR) is 278 cm³/mol. The van der Waals surface area contributed by atoms with Crippen molar-refractivity contribution < 1.29 is 0 Å². The van der Waals surface area contributed by atoms with Crippen LogP contribution >= 0.6 is 0 Å². The van der Waals surface area contributed by atoms with Gasteiger partial charge in [-0.2, -0.15) is 0 Å². The molecule has 0 N–H and O–H groups in total. The molecule has 0 radical (unpaired) electrons. The number of rotatable bonds is 5. The second-order valence-electron chi connectivity index (χ2n) is 17.9. The molecule has 0 saturated carbocycles.